The molecule has 0 aliphatic rings. The minimum atomic E-state index is -0.172. The number of hydrogen-bond donors (Lipinski definition) is 1. The van der Waals surface area contributed by atoms with Crippen LogP contribution in [0.4, 0.5) is 0 Å². The summed E-state index contributed by atoms with van der Waals surface area (Å²) in [6, 6.07) is 10.8. The van der Waals surface area contributed by atoms with Gasteiger partial charge >= 0.3 is 0 Å². The lowest BCUT2D eigenvalue weighted by Gasteiger charge is -2.09. The minimum absolute atomic E-state index is 0.160. The zero-order valence-electron chi connectivity index (χ0n) is 15.0. The van der Waals surface area contributed by atoms with E-state index in [1.165, 1.54) is 0 Å². The molecule has 0 aliphatic carbocycles. The molecule has 0 radical (unpaired) electrons. The highest BCUT2D eigenvalue weighted by atomic mass is 16.5. The van der Waals surface area contributed by atoms with Crippen LogP contribution in [0.5, 0.6) is 5.75 Å². The van der Waals surface area contributed by atoms with Crippen molar-refractivity contribution in [2.75, 3.05) is 0 Å². The zero-order valence-corrected chi connectivity index (χ0v) is 15.0. The average molecular weight is 355 g/mol. The van der Waals surface area contributed by atoms with Gasteiger partial charge in [-0.3, -0.25) is 4.79 Å². The molecule has 0 atom stereocenters. The molecule has 0 saturated heterocycles. The number of nitrogens with one attached hydrogen (secondary N) is 1. The SMILES string of the molecule is Cc1ccc(CNC(=O)c2ccc(OCc3nnnn3C(C)C)cc2)o1. The van der Waals surface area contributed by atoms with Crippen molar-refractivity contribution in [2.24, 2.45) is 0 Å². The van der Waals surface area contributed by atoms with Crippen molar-refractivity contribution in [3.05, 3.63) is 59.3 Å². The van der Waals surface area contributed by atoms with Crippen LogP contribution in [-0.2, 0) is 13.2 Å². The molecule has 2 aromatic heterocycles. The van der Waals surface area contributed by atoms with E-state index in [4.69, 9.17) is 9.15 Å². The Hall–Kier alpha value is -3.16. The molecule has 0 spiro atoms. The van der Waals surface area contributed by atoms with Crippen LogP contribution >= 0.6 is 0 Å². The Morgan fingerprint density at radius 1 is 1.23 bits per heavy atom. The van der Waals surface area contributed by atoms with E-state index >= 15 is 0 Å². The quantitative estimate of drug-likeness (QED) is 0.700. The first-order valence-electron chi connectivity index (χ1n) is 8.36. The third-order valence-corrected chi connectivity index (χ3v) is 3.75. The molecule has 2 heterocycles. The molecule has 1 amide bonds. The van der Waals surface area contributed by atoms with Crippen molar-refractivity contribution in [1.82, 2.24) is 25.5 Å². The third kappa shape index (κ3) is 4.27. The second-order valence-electron chi connectivity index (χ2n) is 6.14. The summed E-state index contributed by atoms with van der Waals surface area (Å²) in [6.45, 7) is 6.47. The van der Waals surface area contributed by atoms with Crippen molar-refractivity contribution in [3.8, 4) is 5.75 Å². The lowest BCUT2D eigenvalue weighted by Crippen LogP contribution is -2.22. The Kier molecular flexibility index (Phi) is 5.31. The number of rotatable bonds is 7. The maximum Gasteiger partial charge on any atom is 0.251 e. The highest BCUT2D eigenvalue weighted by Gasteiger charge is 2.11. The Morgan fingerprint density at radius 2 is 2.00 bits per heavy atom. The largest absolute Gasteiger partial charge is 0.486 e. The van der Waals surface area contributed by atoms with Crippen molar-refractivity contribution in [2.45, 2.75) is 40.0 Å². The number of hydrogen-bond acceptors (Lipinski definition) is 6. The first-order chi connectivity index (χ1) is 12.5. The number of carbonyl (C=O) groups excluding carboxylic acids is 1. The normalized spacial score (nSPS) is 10.9. The molecular weight excluding hydrogens is 334 g/mol. The molecule has 1 N–H and O–H groups in total. The monoisotopic (exact) mass is 355 g/mol. The Bertz CT molecular complexity index is 867. The summed E-state index contributed by atoms with van der Waals surface area (Å²) in [5, 5.41) is 14.4. The summed E-state index contributed by atoms with van der Waals surface area (Å²) >= 11 is 0. The Labute approximate surface area is 151 Å². The van der Waals surface area contributed by atoms with E-state index in [2.05, 4.69) is 20.8 Å². The number of amides is 1. The number of carbonyl (C=O) groups is 1. The van der Waals surface area contributed by atoms with Crippen LogP contribution in [0.3, 0.4) is 0 Å². The van der Waals surface area contributed by atoms with Crippen LogP contribution in [0.25, 0.3) is 0 Å². The number of ether oxygens (including phenoxy) is 1. The van der Waals surface area contributed by atoms with Gasteiger partial charge in [-0.15, -0.1) is 5.10 Å². The van der Waals surface area contributed by atoms with Gasteiger partial charge in [0.05, 0.1) is 12.6 Å². The molecule has 1 aromatic carbocycles. The van der Waals surface area contributed by atoms with E-state index in [1.54, 1.807) is 28.9 Å². The van der Waals surface area contributed by atoms with Gasteiger partial charge in [0.2, 0.25) is 0 Å². The number of benzene rings is 1. The van der Waals surface area contributed by atoms with Gasteiger partial charge in [-0.05, 0) is 67.6 Å². The molecule has 8 heteroatoms. The smallest absolute Gasteiger partial charge is 0.251 e. The van der Waals surface area contributed by atoms with Crippen LogP contribution in [0.2, 0.25) is 0 Å². The summed E-state index contributed by atoms with van der Waals surface area (Å²) in [5.41, 5.74) is 0.549. The Morgan fingerprint density at radius 3 is 2.65 bits per heavy atom. The highest BCUT2D eigenvalue weighted by Crippen LogP contribution is 2.15. The molecule has 0 aliphatic heterocycles. The van der Waals surface area contributed by atoms with Crippen LogP contribution in [0, 0.1) is 6.92 Å². The summed E-state index contributed by atoms with van der Waals surface area (Å²) in [6.07, 6.45) is 0. The first kappa shape index (κ1) is 17.7. The van der Waals surface area contributed by atoms with Crippen LogP contribution in [-0.4, -0.2) is 26.1 Å². The van der Waals surface area contributed by atoms with E-state index in [-0.39, 0.29) is 18.6 Å². The summed E-state index contributed by atoms with van der Waals surface area (Å²) in [4.78, 5) is 12.2. The van der Waals surface area contributed by atoms with E-state index in [0.29, 0.717) is 23.7 Å². The van der Waals surface area contributed by atoms with Crippen molar-refractivity contribution in [1.29, 1.82) is 0 Å². The summed E-state index contributed by atoms with van der Waals surface area (Å²) < 4.78 is 12.8. The molecule has 136 valence electrons. The fourth-order valence-corrected chi connectivity index (χ4v) is 2.41. The van der Waals surface area contributed by atoms with Crippen LogP contribution < -0.4 is 10.1 Å². The molecular formula is C18H21N5O3. The fraction of sp³-hybridized carbons (Fsp3) is 0.333. The minimum Gasteiger partial charge on any atom is -0.486 e. The van der Waals surface area contributed by atoms with Gasteiger partial charge in [0.1, 0.15) is 23.9 Å². The van der Waals surface area contributed by atoms with E-state index in [0.717, 1.165) is 11.5 Å². The van der Waals surface area contributed by atoms with Gasteiger partial charge in [0.25, 0.3) is 5.91 Å². The van der Waals surface area contributed by atoms with Crippen molar-refractivity contribution >= 4 is 5.91 Å². The van der Waals surface area contributed by atoms with Crippen molar-refractivity contribution in [3.63, 3.8) is 0 Å². The average Bonchev–Trinajstić information content (AvgIpc) is 3.27. The lowest BCUT2D eigenvalue weighted by molar-refractivity contribution is 0.0948. The topological polar surface area (TPSA) is 95.1 Å². The lowest BCUT2D eigenvalue weighted by atomic mass is 10.2. The van der Waals surface area contributed by atoms with Gasteiger partial charge in [-0.25, -0.2) is 4.68 Å². The third-order valence-electron chi connectivity index (χ3n) is 3.75. The predicted octanol–water partition coefficient (Wildman–Crippen LogP) is 2.66. The molecule has 8 nitrogen and oxygen atoms in total. The van der Waals surface area contributed by atoms with E-state index in [9.17, 15) is 4.79 Å². The standard InChI is InChI=1S/C18H21N5O3/c1-12(2)23-17(20-21-22-23)11-25-15-8-5-14(6-9-15)18(24)19-10-16-7-4-13(3)26-16/h4-9,12H,10-11H2,1-3H3,(H,19,24). The number of nitrogens with zero attached hydrogens (tertiary/aromatic N) is 4. The van der Waals surface area contributed by atoms with Crippen LogP contribution in [0.1, 0.15) is 47.6 Å². The summed E-state index contributed by atoms with van der Waals surface area (Å²) in [5.74, 6) is 2.66. The maximum absolute atomic E-state index is 12.2. The fourth-order valence-electron chi connectivity index (χ4n) is 2.41. The molecule has 3 rings (SSSR count). The highest BCUT2D eigenvalue weighted by molar-refractivity contribution is 5.94. The second kappa shape index (κ2) is 7.81. The van der Waals surface area contributed by atoms with E-state index in [1.807, 2.05) is 32.9 Å². The Balaban J connectivity index is 1.54. The maximum atomic E-state index is 12.2. The summed E-state index contributed by atoms with van der Waals surface area (Å²) in [7, 11) is 0. The molecule has 3 aromatic rings. The molecule has 0 saturated carbocycles. The molecule has 0 fully saturated rings. The van der Waals surface area contributed by atoms with Gasteiger partial charge in [-0.2, -0.15) is 0 Å². The zero-order chi connectivity index (χ0) is 18.5. The number of tetrazole rings is 1. The van der Waals surface area contributed by atoms with Crippen LogP contribution in [0.15, 0.2) is 40.8 Å². The van der Waals surface area contributed by atoms with Gasteiger partial charge in [0, 0.05) is 5.56 Å². The van der Waals surface area contributed by atoms with Gasteiger partial charge in [0.15, 0.2) is 5.82 Å². The van der Waals surface area contributed by atoms with Gasteiger partial charge in [-0.1, -0.05) is 0 Å². The number of furan rings is 1. The molecule has 0 unspecified atom stereocenters. The predicted molar refractivity (Wildman–Crippen MR) is 93.6 cm³/mol. The molecule has 26 heavy (non-hydrogen) atoms. The van der Waals surface area contributed by atoms with Gasteiger partial charge < -0.3 is 14.5 Å². The second-order valence-corrected chi connectivity index (χ2v) is 6.14. The number of aromatic nitrogens is 4. The first-order valence-corrected chi connectivity index (χ1v) is 8.36. The van der Waals surface area contributed by atoms with Crippen molar-refractivity contribution < 1.29 is 13.9 Å². The number of aryl methyl sites for hydroxylation is 1. The molecule has 0 bridgehead atoms. The van der Waals surface area contributed by atoms with E-state index < -0.39 is 0 Å².